The molecule has 2 aromatic rings. The summed E-state index contributed by atoms with van der Waals surface area (Å²) >= 11 is 11.7. The summed E-state index contributed by atoms with van der Waals surface area (Å²) < 4.78 is 4.93. The lowest BCUT2D eigenvalue weighted by molar-refractivity contribution is -0.116. The second-order valence-corrected chi connectivity index (χ2v) is 5.06. The van der Waals surface area contributed by atoms with E-state index >= 15 is 0 Å². The highest BCUT2D eigenvalue weighted by Gasteiger charge is 2.09. The van der Waals surface area contributed by atoms with E-state index in [0.717, 1.165) is 0 Å². The van der Waals surface area contributed by atoms with E-state index in [4.69, 9.17) is 27.6 Å². The van der Waals surface area contributed by atoms with Gasteiger partial charge in [0.1, 0.15) is 0 Å². The minimum absolute atomic E-state index is 0.122. The van der Waals surface area contributed by atoms with Crippen LogP contribution in [-0.4, -0.2) is 18.4 Å². The smallest absolute Gasteiger partial charge is 0.286 e. The average Bonchev–Trinajstić information content (AvgIpc) is 2.90. The van der Waals surface area contributed by atoms with Crippen LogP contribution in [0.2, 0.25) is 10.0 Å². The van der Waals surface area contributed by atoms with Crippen molar-refractivity contribution < 1.29 is 14.0 Å². The van der Waals surface area contributed by atoms with Crippen LogP contribution in [-0.2, 0) is 4.79 Å². The Morgan fingerprint density at radius 3 is 2.48 bits per heavy atom. The lowest BCUT2D eigenvalue weighted by Crippen LogP contribution is -2.27. The molecular weight excluding hydrogens is 315 g/mol. The van der Waals surface area contributed by atoms with Crippen molar-refractivity contribution in [2.24, 2.45) is 0 Å². The number of anilines is 1. The maximum atomic E-state index is 11.7. The molecule has 0 radical (unpaired) electrons. The van der Waals surface area contributed by atoms with Crippen LogP contribution in [0.1, 0.15) is 17.0 Å². The van der Waals surface area contributed by atoms with E-state index in [0.29, 0.717) is 15.7 Å². The molecule has 1 aromatic heterocycles. The van der Waals surface area contributed by atoms with Crippen molar-refractivity contribution >= 4 is 40.7 Å². The number of carbonyl (C=O) groups excluding carboxylic acids is 2. The minimum atomic E-state index is -0.362. The van der Waals surface area contributed by atoms with Gasteiger partial charge in [-0.2, -0.15) is 0 Å². The van der Waals surface area contributed by atoms with Crippen LogP contribution >= 0.6 is 23.2 Å². The number of halogens is 2. The largest absolute Gasteiger partial charge is 0.459 e. The van der Waals surface area contributed by atoms with Crippen LogP contribution < -0.4 is 10.6 Å². The van der Waals surface area contributed by atoms with Crippen molar-refractivity contribution in [2.75, 3.05) is 11.9 Å². The third-order valence-electron chi connectivity index (χ3n) is 2.53. The van der Waals surface area contributed by atoms with Gasteiger partial charge >= 0.3 is 0 Å². The zero-order valence-electron chi connectivity index (χ0n) is 10.9. The highest BCUT2D eigenvalue weighted by molar-refractivity contribution is 6.35. The standard InChI is InChI=1S/C14H12Cl2N2O3/c15-9-6-10(16)8-11(7-9)18-13(19)3-4-17-14(20)12-2-1-5-21-12/h1-2,5-8H,3-4H2,(H,17,20)(H,18,19). The number of benzene rings is 1. The number of hydrogen-bond donors (Lipinski definition) is 2. The van der Waals surface area contributed by atoms with Gasteiger partial charge in [0.25, 0.3) is 5.91 Å². The molecule has 2 N–H and O–H groups in total. The molecule has 0 saturated carbocycles. The molecule has 7 heteroatoms. The van der Waals surface area contributed by atoms with E-state index in [2.05, 4.69) is 10.6 Å². The first-order valence-electron chi connectivity index (χ1n) is 6.12. The molecule has 2 rings (SSSR count). The van der Waals surface area contributed by atoms with Gasteiger partial charge in [-0.15, -0.1) is 0 Å². The Hall–Kier alpha value is -1.98. The first-order chi connectivity index (χ1) is 10.0. The summed E-state index contributed by atoms with van der Waals surface area (Å²) in [5, 5.41) is 6.10. The number of furan rings is 1. The molecule has 5 nitrogen and oxygen atoms in total. The fourth-order valence-corrected chi connectivity index (χ4v) is 2.16. The van der Waals surface area contributed by atoms with E-state index in [1.54, 1.807) is 30.3 Å². The molecule has 0 saturated heterocycles. The van der Waals surface area contributed by atoms with Crippen molar-refractivity contribution in [1.82, 2.24) is 5.32 Å². The summed E-state index contributed by atoms with van der Waals surface area (Å²) in [7, 11) is 0. The van der Waals surface area contributed by atoms with Crippen molar-refractivity contribution in [3.8, 4) is 0 Å². The van der Waals surface area contributed by atoms with Crippen LogP contribution in [0.5, 0.6) is 0 Å². The summed E-state index contributed by atoms with van der Waals surface area (Å²) in [5.41, 5.74) is 0.509. The number of hydrogen-bond acceptors (Lipinski definition) is 3. The van der Waals surface area contributed by atoms with Gasteiger partial charge in [-0.25, -0.2) is 0 Å². The van der Waals surface area contributed by atoms with Crippen molar-refractivity contribution in [1.29, 1.82) is 0 Å². The van der Waals surface area contributed by atoms with Crippen molar-refractivity contribution in [3.05, 3.63) is 52.4 Å². The van der Waals surface area contributed by atoms with Gasteiger partial charge in [0, 0.05) is 28.7 Å². The molecule has 21 heavy (non-hydrogen) atoms. The summed E-state index contributed by atoms with van der Waals surface area (Å²) in [6, 6.07) is 7.91. The van der Waals surface area contributed by atoms with E-state index in [1.165, 1.54) is 6.26 Å². The lowest BCUT2D eigenvalue weighted by Gasteiger charge is -2.07. The third-order valence-corrected chi connectivity index (χ3v) is 2.97. The van der Waals surface area contributed by atoms with Gasteiger partial charge in [-0.1, -0.05) is 23.2 Å². The highest BCUT2D eigenvalue weighted by atomic mass is 35.5. The Labute approximate surface area is 131 Å². The predicted octanol–water partition coefficient (Wildman–Crippen LogP) is 3.35. The van der Waals surface area contributed by atoms with Crippen LogP contribution in [0.25, 0.3) is 0 Å². The molecule has 0 aliphatic rings. The molecule has 0 atom stereocenters. The van der Waals surface area contributed by atoms with Crippen molar-refractivity contribution in [2.45, 2.75) is 6.42 Å². The molecule has 2 amide bonds. The van der Waals surface area contributed by atoms with Gasteiger partial charge in [0.2, 0.25) is 5.91 Å². The molecular formula is C14H12Cl2N2O3. The quantitative estimate of drug-likeness (QED) is 0.885. The van der Waals surface area contributed by atoms with Gasteiger partial charge in [-0.3, -0.25) is 9.59 Å². The number of carbonyl (C=O) groups is 2. The Balaban J connectivity index is 1.78. The summed E-state index contributed by atoms with van der Waals surface area (Å²) in [5.74, 6) is -0.413. The second-order valence-electron chi connectivity index (χ2n) is 4.19. The Bertz CT molecular complexity index is 621. The number of rotatable bonds is 5. The highest BCUT2D eigenvalue weighted by Crippen LogP contribution is 2.22. The number of amides is 2. The van der Waals surface area contributed by atoms with Crippen molar-refractivity contribution in [3.63, 3.8) is 0 Å². The molecule has 110 valence electrons. The van der Waals surface area contributed by atoms with E-state index in [9.17, 15) is 9.59 Å². The SMILES string of the molecule is O=C(CCNC(=O)c1ccco1)Nc1cc(Cl)cc(Cl)c1. The molecule has 1 heterocycles. The van der Waals surface area contributed by atoms with Crippen LogP contribution in [0, 0.1) is 0 Å². The summed E-state index contributed by atoms with van der Waals surface area (Å²) in [6.45, 7) is 0.194. The molecule has 0 unspecified atom stereocenters. The summed E-state index contributed by atoms with van der Waals surface area (Å²) in [4.78, 5) is 23.3. The predicted molar refractivity (Wildman–Crippen MR) is 80.7 cm³/mol. The Morgan fingerprint density at radius 2 is 1.86 bits per heavy atom. The second kappa shape index (κ2) is 7.15. The van der Waals surface area contributed by atoms with Crippen LogP contribution in [0.15, 0.2) is 41.0 Å². The van der Waals surface area contributed by atoms with Gasteiger partial charge in [0.15, 0.2) is 5.76 Å². The molecule has 0 aliphatic carbocycles. The maximum absolute atomic E-state index is 11.7. The minimum Gasteiger partial charge on any atom is -0.459 e. The van der Waals surface area contributed by atoms with Gasteiger partial charge < -0.3 is 15.1 Å². The first-order valence-corrected chi connectivity index (χ1v) is 6.88. The summed E-state index contributed by atoms with van der Waals surface area (Å²) in [6.07, 6.45) is 1.53. The van der Waals surface area contributed by atoms with Gasteiger partial charge in [-0.05, 0) is 30.3 Å². The maximum Gasteiger partial charge on any atom is 0.286 e. The lowest BCUT2D eigenvalue weighted by atomic mass is 10.3. The molecule has 0 aliphatic heterocycles. The van der Waals surface area contributed by atoms with E-state index < -0.39 is 0 Å². The van der Waals surface area contributed by atoms with Crippen LogP contribution in [0.3, 0.4) is 0 Å². The average molecular weight is 327 g/mol. The van der Waals surface area contributed by atoms with E-state index in [-0.39, 0.29) is 30.5 Å². The Morgan fingerprint density at radius 1 is 1.14 bits per heavy atom. The fourth-order valence-electron chi connectivity index (χ4n) is 1.63. The molecule has 1 aromatic carbocycles. The Kier molecular flexibility index (Phi) is 5.25. The monoisotopic (exact) mass is 326 g/mol. The topological polar surface area (TPSA) is 71.3 Å². The van der Waals surface area contributed by atoms with Crippen LogP contribution in [0.4, 0.5) is 5.69 Å². The third kappa shape index (κ3) is 4.81. The first kappa shape index (κ1) is 15.4. The molecule has 0 spiro atoms. The fraction of sp³-hybridized carbons (Fsp3) is 0.143. The van der Waals surface area contributed by atoms with Gasteiger partial charge in [0.05, 0.1) is 6.26 Å². The number of nitrogens with one attached hydrogen (secondary N) is 2. The molecule has 0 fully saturated rings. The zero-order chi connectivity index (χ0) is 15.2. The molecule has 0 bridgehead atoms. The zero-order valence-corrected chi connectivity index (χ0v) is 12.4. The van der Waals surface area contributed by atoms with E-state index in [1.807, 2.05) is 0 Å². The normalized spacial score (nSPS) is 10.2.